The van der Waals surface area contributed by atoms with Crippen LogP contribution in [0.3, 0.4) is 0 Å². The van der Waals surface area contributed by atoms with Crippen molar-refractivity contribution in [1.29, 1.82) is 0 Å². The summed E-state index contributed by atoms with van der Waals surface area (Å²) in [5.41, 5.74) is -0.758. The number of aromatic amines is 1. The molecule has 2 aromatic heterocycles. The lowest BCUT2D eigenvalue weighted by molar-refractivity contribution is 0.0519. The second-order valence-electron chi connectivity index (χ2n) is 6.35. The van der Waals surface area contributed by atoms with E-state index in [0.29, 0.717) is 11.6 Å². The molecule has 0 aliphatic rings. The van der Waals surface area contributed by atoms with Crippen LogP contribution >= 0.6 is 0 Å². The lowest BCUT2D eigenvalue weighted by Gasteiger charge is -2.07. The number of fused-ring (bicyclic) bond motifs is 1. The topological polar surface area (TPSA) is 96.7 Å². The van der Waals surface area contributed by atoms with Gasteiger partial charge in [-0.25, -0.2) is 13.6 Å². The average molecular weight is 411 g/mol. The van der Waals surface area contributed by atoms with Crippen LogP contribution in [-0.4, -0.2) is 32.3 Å². The molecule has 0 amide bonds. The number of carbonyl (C=O) groups is 1. The van der Waals surface area contributed by atoms with Gasteiger partial charge in [-0.15, -0.1) is 0 Å². The van der Waals surface area contributed by atoms with Gasteiger partial charge in [0.2, 0.25) is 5.88 Å². The van der Waals surface area contributed by atoms with Crippen LogP contribution in [-0.2, 0) is 4.74 Å². The van der Waals surface area contributed by atoms with Crippen LogP contribution in [0.1, 0.15) is 17.3 Å². The van der Waals surface area contributed by atoms with Gasteiger partial charge in [-0.3, -0.25) is 4.79 Å². The minimum atomic E-state index is -1.02. The van der Waals surface area contributed by atoms with Crippen molar-refractivity contribution in [2.45, 2.75) is 6.92 Å². The van der Waals surface area contributed by atoms with Crippen molar-refractivity contribution < 1.29 is 23.4 Å². The molecule has 30 heavy (non-hydrogen) atoms. The Balaban J connectivity index is 2.10. The average Bonchev–Trinajstić information content (AvgIpc) is 3.08. The fourth-order valence-corrected chi connectivity index (χ4v) is 3.20. The number of H-pyrrole nitrogens is 1. The van der Waals surface area contributed by atoms with E-state index in [1.165, 1.54) is 6.07 Å². The zero-order valence-electron chi connectivity index (χ0n) is 15.6. The maximum atomic E-state index is 14.6. The molecule has 0 unspecified atom stereocenters. The second-order valence-corrected chi connectivity index (χ2v) is 6.35. The van der Waals surface area contributed by atoms with E-state index >= 15 is 0 Å². The van der Waals surface area contributed by atoms with Crippen molar-refractivity contribution in [3.05, 3.63) is 76.1 Å². The van der Waals surface area contributed by atoms with Gasteiger partial charge in [0.25, 0.3) is 5.56 Å². The number of nitrogens with zero attached hydrogens (tertiary/aromatic N) is 2. The molecule has 9 heteroatoms. The quantitative estimate of drug-likeness (QED) is 0.501. The molecule has 0 radical (unpaired) electrons. The fraction of sp³-hybridized carbons (Fsp3) is 0.0952. The van der Waals surface area contributed by atoms with Crippen molar-refractivity contribution in [2.75, 3.05) is 6.61 Å². The minimum absolute atomic E-state index is 0.00381. The number of nitrogens with one attached hydrogen (secondary N) is 1. The Morgan fingerprint density at radius 1 is 1.20 bits per heavy atom. The smallest absolute Gasteiger partial charge is 0.349 e. The molecule has 0 bridgehead atoms. The van der Waals surface area contributed by atoms with Gasteiger partial charge in [0.15, 0.2) is 5.56 Å². The summed E-state index contributed by atoms with van der Waals surface area (Å²) in [7, 11) is 0. The highest BCUT2D eigenvalue weighted by molar-refractivity contribution is 5.94. The molecule has 0 saturated heterocycles. The Kier molecular flexibility index (Phi) is 4.78. The molecule has 2 heterocycles. The van der Waals surface area contributed by atoms with Crippen LogP contribution in [0.15, 0.2) is 53.3 Å². The van der Waals surface area contributed by atoms with Crippen LogP contribution in [0.5, 0.6) is 5.88 Å². The molecule has 0 saturated carbocycles. The Morgan fingerprint density at radius 3 is 2.60 bits per heavy atom. The SMILES string of the molecule is CCOC(=O)c1c(O)n2nc(-c3ccccc3)c(-c3ccc(F)cc3F)c2[nH]c1=O. The molecule has 0 fully saturated rings. The first-order valence-corrected chi connectivity index (χ1v) is 8.98. The zero-order valence-corrected chi connectivity index (χ0v) is 15.6. The van der Waals surface area contributed by atoms with E-state index in [1.54, 1.807) is 37.3 Å². The third kappa shape index (κ3) is 3.10. The van der Waals surface area contributed by atoms with E-state index in [0.717, 1.165) is 10.6 Å². The van der Waals surface area contributed by atoms with E-state index in [-0.39, 0.29) is 29.1 Å². The van der Waals surface area contributed by atoms with Crippen molar-refractivity contribution in [1.82, 2.24) is 14.6 Å². The summed E-state index contributed by atoms with van der Waals surface area (Å²) in [4.78, 5) is 27.1. The predicted molar refractivity (Wildman–Crippen MR) is 104 cm³/mol. The highest BCUT2D eigenvalue weighted by atomic mass is 19.1. The lowest BCUT2D eigenvalue weighted by atomic mass is 10.0. The third-order valence-electron chi connectivity index (χ3n) is 4.50. The lowest BCUT2D eigenvalue weighted by Crippen LogP contribution is -2.22. The molecule has 0 spiro atoms. The number of ether oxygens (including phenoxy) is 1. The first-order valence-electron chi connectivity index (χ1n) is 8.98. The minimum Gasteiger partial charge on any atom is -0.492 e. The van der Waals surface area contributed by atoms with Gasteiger partial charge in [0.05, 0.1) is 12.2 Å². The molecule has 152 valence electrons. The van der Waals surface area contributed by atoms with Crippen LogP contribution < -0.4 is 5.56 Å². The predicted octanol–water partition coefficient (Wildman–Crippen LogP) is 3.52. The Bertz CT molecular complexity index is 1330. The van der Waals surface area contributed by atoms with Crippen molar-refractivity contribution in [3.63, 3.8) is 0 Å². The highest BCUT2D eigenvalue weighted by Crippen LogP contribution is 2.37. The molecule has 0 atom stereocenters. The summed E-state index contributed by atoms with van der Waals surface area (Å²) in [5, 5.41) is 14.9. The first-order chi connectivity index (χ1) is 14.4. The van der Waals surface area contributed by atoms with Gasteiger partial charge < -0.3 is 14.8 Å². The number of hydrogen-bond donors (Lipinski definition) is 2. The van der Waals surface area contributed by atoms with Gasteiger partial charge >= 0.3 is 5.97 Å². The summed E-state index contributed by atoms with van der Waals surface area (Å²) in [6, 6.07) is 11.6. The molecular formula is C21H15F2N3O4. The molecule has 0 aliphatic carbocycles. The Labute approximate surface area is 168 Å². The van der Waals surface area contributed by atoms with Crippen molar-refractivity contribution in [2.24, 2.45) is 0 Å². The van der Waals surface area contributed by atoms with Gasteiger partial charge in [-0.2, -0.15) is 9.61 Å². The Hall–Kier alpha value is -4.01. The number of aromatic hydroxyl groups is 1. The normalized spacial score (nSPS) is 11.0. The first kappa shape index (κ1) is 19.3. The number of hydrogen-bond acceptors (Lipinski definition) is 5. The maximum absolute atomic E-state index is 14.6. The number of esters is 1. The summed E-state index contributed by atoms with van der Waals surface area (Å²) in [6.07, 6.45) is 0. The number of halogens is 2. The van der Waals surface area contributed by atoms with Crippen LogP contribution in [0, 0.1) is 11.6 Å². The van der Waals surface area contributed by atoms with E-state index in [9.17, 15) is 23.5 Å². The molecule has 2 aromatic carbocycles. The zero-order chi connectivity index (χ0) is 21.4. The van der Waals surface area contributed by atoms with Gasteiger partial charge in [-0.05, 0) is 19.1 Å². The number of benzene rings is 2. The van der Waals surface area contributed by atoms with E-state index in [4.69, 9.17) is 4.74 Å². The highest BCUT2D eigenvalue weighted by Gasteiger charge is 2.27. The Morgan fingerprint density at radius 2 is 1.93 bits per heavy atom. The summed E-state index contributed by atoms with van der Waals surface area (Å²) in [5.74, 6) is -3.42. The van der Waals surface area contributed by atoms with Crippen LogP contribution in [0.25, 0.3) is 28.0 Å². The molecule has 0 aliphatic heterocycles. The molecular weight excluding hydrogens is 396 g/mol. The molecule has 7 nitrogen and oxygen atoms in total. The van der Waals surface area contributed by atoms with Gasteiger partial charge in [0.1, 0.15) is 23.0 Å². The summed E-state index contributed by atoms with van der Waals surface area (Å²) < 4.78 is 33.8. The maximum Gasteiger partial charge on any atom is 0.349 e. The number of rotatable bonds is 4. The van der Waals surface area contributed by atoms with Crippen molar-refractivity contribution >= 4 is 11.6 Å². The fourth-order valence-electron chi connectivity index (χ4n) is 3.20. The largest absolute Gasteiger partial charge is 0.492 e. The van der Waals surface area contributed by atoms with E-state index in [1.807, 2.05) is 0 Å². The van der Waals surface area contributed by atoms with Crippen molar-refractivity contribution in [3.8, 4) is 28.3 Å². The standard InChI is InChI=1S/C21H15F2N3O4/c1-2-30-21(29)16-19(27)24-18-15(13-9-8-12(22)10-14(13)23)17(25-26(18)20(16)28)11-6-4-3-5-7-11/h3-10,28H,2H2,1H3,(H,24,27). The van der Waals surface area contributed by atoms with Gasteiger partial charge in [0, 0.05) is 17.2 Å². The van der Waals surface area contributed by atoms with E-state index < -0.39 is 34.6 Å². The second kappa shape index (κ2) is 7.43. The van der Waals surface area contributed by atoms with E-state index in [2.05, 4.69) is 10.1 Å². The van der Waals surface area contributed by atoms with Crippen LogP contribution in [0.4, 0.5) is 8.78 Å². The molecule has 4 rings (SSSR count). The van der Waals surface area contributed by atoms with Crippen LogP contribution in [0.2, 0.25) is 0 Å². The molecule has 2 N–H and O–H groups in total. The number of carbonyl (C=O) groups excluding carboxylic acids is 1. The summed E-state index contributed by atoms with van der Waals surface area (Å²) in [6.45, 7) is 1.55. The monoisotopic (exact) mass is 411 g/mol. The third-order valence-corrected chi connectivity index (χ3v) is 4.50. The molecule has 4 aromatic rings. The number of aromatic nitrogens is 3. The van der Waals surface area contributed by atoms with Gasteiger partial charge in [-0.1, -0.05) is 30.3 Å². The summed E-state index contributed by atoms with van der Waals surface area (Å²) >= 11 is 0.